The van der Waals surface area contributed by atoms with Gasteiger partial charge in [-0.05, 0) is 30.3 Å². The highest BCUT2D eigenvalue weighted by Gasteiger charge is 2.27. The summed E-state index contributed by atoms with van der Waals surface area (Å²) in [5, 5.41) is 7.27. The second kappa shape index (κ2) is 7.19. The Balaban J connectivity index is 1.51. The van der Waals surface area contributed by atoms with Crippen LogP contribution in [0.2, 0.25) is 0 Å². The molecule has 1 aliphatic heterocycles. The lowest BCUT2D eigenvalue weighted by atomic mass is 10.0. The van der Waals surface area contributed by atoms with Crippen molar-refractivity contribution < 1.29 is 18.3 Å². The zero-order chi connectivity index (χ0) is 18.8. The fraction of sp³-hybridized carbons (Fsp3) is 0.200. The van der Waals surface area contributed by atoms with E-state index in [-0.39, 0.29) is 18.7 Å². The van der Waals surface area contributed by atoms with Crippen LogP contribution in [-0.2, 0) is 19.6 Å². The minimum Gasteiger partial charge on any atom is -0.487 e. The molecule has 4 rings (SSSR count). The van der Waals surface area contributed by atoms with E-state index >= 15 is 0 Å². The molecular formula is C20H17F2N3O2. The van der Waals surface area contributed by atoms with Gasteiger partial charge < -0.3 is 9.64 Å². The molecule has 5 nitrogen and oxygen atoms in total. The third-order valence-corrected chi connectivity index (χ3v) is 4.58. The lowest BCUT2D eigenvalue weighted by molar-refractivity contribution is 0.0728. The fourth-order valence-corrected chi connectivity index (χ4v) is 3.15. The number of fused-ring (bicyclic) bond motifs is 1. The topological polar surface area (TPSA) is 58.2 Å². The quantitative estimate of drug-likeness (QED) is 0.766. The predicted octanol–water partition coefficient (Wildman–Crippen LogP) is 3.47. The van der Waals surface area contributed by atoms with Gasteiger partial charge in [0.05, 0.1) is 5.56 Å². The molecule has 0 spiro atoms. The summed E-state index contributed by atoms with van der Waals surface area (Å²) in [6.07, 6.45) is 0.566. The van der Waals surface area contributed by atoms with E-state index in [2.05, 4.69) is 10.2 Å². The Hall–Kier alpha value is -3.22. The monoisotopic (exact) mass is 369 g/mol. The molecule has 0 fully saturated rings. The molecule has 0 atom stereocenters. The number of hydrogen-bond donors (Lipinski definition) is 1. The van der Waals surface area contributed by atoms with Crippen LogP contribution in [0, 0.1) is 11.6 Å². The van der Waals surface area contributed by atoms with E-state index in [0.29, 0.717) is 18.7 Å². The summed E-state index contributed by atoms with van der Waals surface area (Å²) in [7, 11) is 0. The van der Waals surface area contributed by atoms with Crippen molar-refractivity contribution in [1.82, 2.24) is 15.1 Å². The Morgan fingerprint density at radius 3 is 2.81 bits per heavy atom. The van der Waals surface area contributed by atoms with Gasteiger partial charge in [0.15, 0.2) is 0 Å². The van der Waals surface area contributed by atoms with E-state index in [9.17, 15) is 13.6 Å². The molecule has 0 bridgehead atoms. The molecule has 1 N–H and O–H groups in total. The van der Waals surface area contributed by atoms with Crippen molar-refractivity contribution in [2.24, 2.45) is 0 Å². The van der Waals surface area contributed by atoms with Gasteiger partial charge in [-0.15, -0.1) is 0 Å². The van der Waals surface area contributed by atoms with E-state index < -0.39 is 17.5 Å². The van der Waals surface area contributed by atoms with Gasteiger partial charge in [-0.2, -0.15) is 5.10 Å². The highest BCUT2D eigenvalue weighted by atomic mass is 19.1. The number of H-pyrrole nitrogens is 1. The average Bonchev–Trinajstić information content (AvgIpc) is 3.11. The smallest absolute Gasteiger partial charge is 0.257 e. The molecular weight excluding hydrogens is 352 g/mol. The Kier molecular flexibility index (Phi) is 4.58. The molecule has 1 aliphatic rings. The van der Waals surface area contributed by atoms with Gasteiger partial charge in [0.1, 0.15) is 29.7 Å². The maximum absolute atomic E-state index is 13.9. The van der Waals surface area contributed by atoms with Crippen LogP contribution in [0.4, 0.5) is 8.78 Å². The predicted molar refractivity (Wildman–Crippen MR) is 94.2 cm³/mol. The minimum atomic E-state index is -0.730. The van der Waals surface area contributed by atoms with Gasteiger partial charge in [0.2, 0.25) is 0 Å². The van der Waals surface area contributed by atoms with Gasteiger partial charge in [-0.3, -0.25) is 9.89 Å². The number of rotatable bonds is 4. The molecule has 27 heavy (non-hydrogen) atoms. The van der Waals surface area contributed by atoms with Crippen LogP contribution in [0.15, 0.2) is 48.5 Å². The molecule has 0 saturated heterocycles. The maximum Gasteiger partial charge on any atom is 0.257 e. The Bertz CT molecular complexity index is 973. The van der Waals surface area contributed by atoms with Crippen molar-refractivity contribution in [3.63, 3.8) is 0 Å². The SMILES string of the molecule is O=C(c1cc(F)ccc1F)N1CCc2[nH]nc(COc3ccccc3)c2C1. The number of nitrogens with zero attached hydrogens (tertiary/aromatic N) is 2. The number of ether oxygens (including phenoxy) is 1. The standard InChI is InChI=1S/C20H17F2N3O2/c21-13-6-7-17(22)15(10-13)20(26)25-9-8-18-16(11-25)19(24-23-18)12-27-14-4-2-1-3-5-14/h1-7,10H,8-9,11-12H2,(H,23,24). The van der Waals surface area contributed by atoms with E-state index in [0.717, 1.165) is 35.2 Å². The highest BCUT2D eigenvalue weighted by Crippen LogP contribution is 2.24. The van der Waals surface area contributed by atoms with Crippen LogP contribution in [0.25, 0.3) is 0 Å². The lowest BCUT2D eigenvalue weighted by Gasteiger charge is -2.27. The summed E-state index contributed by atoms with van der Waals surface area (Å²) in [6.45, 7) is 0.934. The average molecular weight is 369 g/mol. The van der Waals surface area contributed by atoms with Crippen LogP contribution in [0.5, 0.6) is 5.75 Å². The van der Waals surface area contributed by atoms with Gasteiger partial charge in [0.25, 0.3) is 5.91 Å². The number of carbonyl (C=O) groups is 1. The van der Waals surface area contributed by atoms with Crippen molar-refractivity contribution in [2.45, 2.75) is 19.6 Å². The molecule has 0 unspecified atom stereocenters. The number of aromatic amines is 1. The number of halogens is 2. The summed E-state index contributed by atoms with van der Waals surface area (Å²) in [6, 6.07) is 12.3. The lowest BCUT2D eigenvalue weighted by Crippen LogP contribution is -2.36. The van der Waals surface area contributed by atoms with Crippen LogP contribution < -0.4 is 4.74 Å². The van der Waals surface area contributed by atoms with Gasteiger partial charge in [-0.25, -0.2) is 8.78 Å². The summed E-state index contributed by atoms with van der Waals surface area (Å²) < 4.78 is 33.1. The minimum absolute atomic E-state index is 0.256. The molecule has 0 saturated carbocycles. The molecule has 2 aromatic carbocycles. The van der Waals surface area contributed by atoms with Gasteiger partial charge in [0, 0.05) is 30.8 Å². The van der Waals surface area contributed by atoms with E-state index in [1.807, 2.05) is 30.3 Å². The largest absolute Gasteiger partial charge is 0.487 e. The number of para-hydroxylation sites is 1. The number of carbonyl (C=O) groups excluding carboxylic acids is 1. The second-order valence-corrected chi connectivity index (χ2v) is 6.33. The van der Waals surface area contributed by atoms with Gasteiger partial charge >= 0.3 is 0 Å². The first-order chi connectivity index (χ1) is 13.1. The normalized spacial score (nSPS) is 13.3. The molecule has 7 heteroatoms. The first-order valence-corrected chi connectivity index (χ1v) is 8.59. The first kappa shape index (κ1) is 17.2. The van der Waals surface area contributed by atoms with E-state index in [1.54, 1.807) is 0 Å². The molecule has 1 aromatic heterocycles. The van der Waals surface area contributed by atoms with Crippen molar-refractivity contribution in [1.29, 1.82) is 0 Å². The van der Waals surface area contributed by atoms with Crippen LogP contribution in [0.1, 0.15) is 27.3 Å². The molecule has 1 amide bonds. The van der Waals surface area contributed by atoms with Crippen molar-refractivity contribution >= 4 is 5.91 Å². The number of nitrogens with one attached hydrogen (secondary N) is 1. The Morgan fingerprint density at radius 1 is 1.19 bits per heavy atom. The Morgan fingerprint density at radius 2 is 2.00 bits per heavy atom. The van der Waals surface area contributed by atoms with E-state index in [1.165, 1.54) is 4.90 Å². The zero-order valence-electron chi connectivity index (χ0n) is 14.4. The molecule has 138 valence electrons. The number of aromatic nitrogens is 2. The molecule has 3 aromatic rings. The number of hydrogen-bond acceptors (Lipinski definition) is 3. The number of amides is 1. The van der Waals surface area contributed by atoms with Crippen LogP contribution in [-0.4, -0.2) is 27.5 Å². The number of benzene rings is 2. The van der Waals surface area contributed by atoms with Gasteiger partial charge in [-0.1, -0.05) is 18.2 Å². The molecule has 2 heterocycles. The second-order valence-electron chi connectivity index (χ2n) is 6.33. The van der Waals surface area contributed by atoms with Crippen LogP contribution in [0.3, 0.4) is 0 Å². The third kappa shape index (κ3) is 3.53. The van der Waals surface area contributed by atoms with Crippen molar-refractivity contribution in [2.75, 3.05) is 6.54 Å². The summed E-state index contributed by atoms with van der Waals surface area (Å²) in [5.74, 6) is -1.18. The molecule has 0 aliphatic carbocycles. The molecule has 0 radical (unpaired) electrons. The van der Waals surface area contributed by atoms with Crippen molar-refractivity contribution in [3.8, 4) is 5.75 Å². The summed E-state index contributed by atoms with van der Waals surface area (Å²) in [4.78, 5) is 14.2. The highest BCUT2D eigenvalue weighted by molar-refractivity contribution is 5.94. The zero-order valence-corrected chi connectivity index (χ0v) is 14.4. The third-order valence-electron chi connectivity index (χ3n) is 4.58. The van der Waals surface area contributed by atoms with E-state index in [4.69, 9.17) is 4.74 Å². The Labute approximate surface area is 154 Å². The van der Waals surface area contributed by atoms with Crippen LogP contribution >= 0.6 is 0 Å². The fourth-order valence-electron chi connectivity index (χ4n) is 3.15. The van der Waals surface area contributed by atoms with Crippen molar-refractivity contribution in [3.05, 3.63) is 82.7 Å². The maximum atomic E-state index is 13.9. The summed E-state index contributed by atoms with van der Waals surface area (Å²) >= 11 is 0. The first-order valence-electron chi connectivity index (χ1n) is 8.59. The summed E-state index contributed by atoms with van der Waals surface area (Å²) in [5.41, 5.74) is 2.24.